The van der Waals surface area contributed by atoms with Gasteiger partial charge in [-0.2, -0.15) is 0 Å². The molecule has 0 saturated carbocycles. The maximum absolute atomic E-state index is 5.80. The van der Waals surface area contributed by atoms with Gasteiger partial charge in [0.25, 0.3) is 0 Å². The quantitative estimate of drug-likeness (QED) is 0.855. The van der Waals surface area contributed by atoms with Gasteiger partial charge >= 0.3 is 0 Å². The SMILES string of the molecule is CCC(OC)c1nc(N)cc(C(C)(C)C)n1. The smallest absolute Gasteiger partial charge is 0.159 e. The van der Waals surface area contributed by atoms with Gasteiger partial charge in [0.15, 0.2) is 5.82 Å². The highest BCUT2D eigenvalue weighted by Gasteiger charge is 2.20. The summed E-state index contributed by atoms with van der Waals surface area (Å²) >= 11 is 0. The lowest BCUT2D eigenvalue weighted by atomic mass is 9.92. The van der Waals surface area contributed by atoms with Gasteiger partial charge in [-0.15, -0.1) is 0 Å². The van der Waals surface area contributed by atoms with E-state index in [0.717, 1.165) is 12.1 Å². The summed E-state index contributed by atoms with van der Waals surface area (Å²) < 4.78 is 5.33. The Bertz CT molecular complexity index is 354. The summed E-state index contributed by atoms with van der Waals surface area (Å²) in [5.41, 5.74) is 6.72. The fourth-order valence-corrected chi connectivity index (χ4v) is 1.47. The van der Waals surface area contributed by atoms with Crippen molar-refractivity contribution in [1.29, 1.82) is 0 Å². The Labute approximate surface area is 97.2 Å². The lowest BCUT2D eigenvalue weighted by molar-refractivity contribution is 0.0923. The molecule has 0 aliphatic rings. The highest BCUT2D eigenvalue weighted by Crippen LogP contribution is 2.24. The average Bonchev–Trinajstić information content (AvgIpc) is 2.17. The van der Waals surface area contributed by atoms with Crippen LogP contribution in [0.1, 0.15) is 51.7 Å². The summed E-state index contributed by atoms with van der Waals surface area (Å²) in [5, 5.41) is 0. The molecule has 4 heteroatoms. The van der Waals surface area contributed by atoms with Crippen molar-refractivity contribution in [3.05, 3.63) is 17.6 Å². The minimum atomic E-state index is -0.0791. The molecule has 0 radical (unpaired) electrons. The molecule has 1 atom stereocenters. The Balaban J connectivity index is 3.17. The molecule has 16 heavy (non-hydrogen) atoms. The number of aromatic nitrogens is 2. The van der Waals surface area contributed by atoms with Crippen molar-refractivity contribution >= 4 is 5.82 Å². The van der Waals surface area contributed by atoms with Crippen LogP contribution < -0.4 is 5.73 Å². The summed E-state index contributed by atoms with van der Waals surface area (Å²) in [6.45, 7) is 8.35. The van der Waals surface area contributed by atoms with Crippen LogP contribution in [0.2, 0.25) is 0 Å². The number of nitrogen functional groups attached to an aromatic ring is 1. The molecule has 4 nitrogen and oxygen atoms in total. The average molecular weight is 223 g/mol. The molecule has 1 aromatic rings. The first-order chi connectivity index (χ1) is 7.38. The second-order valence-electron chi connectivity index (χ2n) is 4.92. The number of anilines is 1. The number of nitrogens with two attached hydrogens (primary N) is 1. The van der Waals surface area contributed by atoms with E-state index in [1.54, 1.807) is 7.11 Å². The first-order valence-electron chi connectivity index (χ1n) is 5.56. The molecular formula is C12H21N3O. The maximum atomic E-state index is 5.80. The predicted molar refractivity (Wildman–Crippen MR) is 65.2 cm³/mol. The minimum absolute atomic E-state index is 0.0299. The van der Waals surface area contributed by atoms with Crippen LogP contribution in [-0.2, 0) is 10.2 Å². The normalized spacial score (nSPS) is 13.8. The molecule has 0 amide bonds. The fourth-order valence-electron chi connectivity index (χ4n) is 1.47. The van der Waals surface area contributed by atoms with Crippen molar-refractivity contribution in [3.63, 3.8) is 0 Å². The Morgan fingerprint density at radius 1 is 1.38 bits per heavy atom. The lowest BCUT2D eigenvalue weighted by Gasteiger charge is -2.20. The van der Waals surface area contributed by atoms with E-state index in [1.807, 2.05) is 13.0 Å². The number of nitrogens with zero attached hydrogens (tertiary/aromatic N) is 2. The first-order valence-corrected chi connectivity index (χ1v) is 5.56. The third-order valence-corrected chi connectivity index (χ3v) is 2.47. The molecule has 0 spiro atoms. The molecule has 0 aliphatic carbocycles. The molecule has 90 valence electrons. The van der Waals surface area contributed by atoms with E-state index in [-0.39, 0.29) is 11.5 Å². The summed E-state index contributed by atoms with van der Waals surface area (Å²) in [4.78, 5) is 8.76. The van der Waals surface area contributed by atoms with Gasteiger partial charge in [-0.25, -0.2) is 9.97 Å². The summed E-state index contributed by atoms with van der Waals surface area (Å²) in [6.07, 6.45) is 0.758. The van der Waals surface area contributed by atoms with Crippen LogP contribution in [0, 0.1) is 0 Å². The van der Waals surface area contributed by atoms with Gasteiger partial charge in [-0.1, -0.05) is 27.7 Å². The third-order valence-electron chi connectivity index (χ3n) is 2.47. The first kappa shape index (κ1) is 12.9. The van der Waals surface area contributed by atoms with Crippen molar-refractivity contribution in [2.45, 2.75) is 45.6 Å². The van der Waals surface area contributed by atoms with E-state index in [2.05, 4.69) is 30.7 Å². The highest BCUT2D eigenvalue weighted by molar-refractivity contribution is 5.33. The zero-order valence-electron chi connectivity index (χ0n) is 10.7. The van der Waals surface area contributed by atoms with E-state index >= 15 is 0 Å². The highest BCUT2D eigenvalue weighted by atomic mass is 16.5. The van der Waals surface area contributed by atoms with Crippen LogP contribution in [-0.4, -0.2) is 17.1 Å². The molecule has 0 aliphatic heterocycles. The molecule has 0 saturated heterocycles. The van der Waals surface area contributed by atoms with E-state index in [0.29, 0.717) is 11.6 Å². The van der Waals surface area contributed by atoms with Crippen molar-refractivity contribution < 1.29 is 4.74 Å². The number of rotatable bonds is 3. The maximum Gasteiger partial charge on any atom is 0.159 e. The van der Waals surface area contributed by atoms with E-state index < -0.39 is 0 Å². The Kier molecular flexibility index (Phi) is 3.86. The second kappa shape index (κ2) is 4.78. The number of methoxy groups -OCH3 is 1. The molecule has 0 fully saturated rings. The molecule has 1 aromatic heterocycles. The van der Waals surface area contributed by atoms with Gasteiger partial charge in [-0.05, 0) is 6.42 Å². The van der Waals surface area contributed by atoms with Crippen molar-refractivity contribution in [3.8, 4) is 0 Å². The standard InChI is InChI=1S/C12H21N3O/c1-6-8(16-5)11-14-9(12(2,3)4)7-10(13)15-11/h7-8H,6H2,1-5H3,(H2,13,14,15). The zero-order valence-corrected chi connectivity index (χ0v) is 10.7. The topological polar surface area (TPSA) is 61.0 Å². The zero-order chi connectivity index (χ0) is 12.3. The Morgan fingerprint density at radius 2 is 2.00 bits per heavy atom. The minimum Gasteiger partial charge on any atom is -0.384 e. The molecule has 0 bridgehead atoms. The van der Waals surface area contributed by atoms with Gasteiger partial charge in [0.05, 0.1) is 5.69 Å². The third kappa shape index (κ3) is 2.92. The largest absolute Gasteiger partial charge is 0.384 e. The Hall–Kier alpha value is -1.16. The summed E-state index contributed by atoms with van der Waals surface area (Å²) in [7, 11) is 1.66. The molecular weight excluding hydrogens is 202 g/mol. The Morgan fingerprint density at radius 3 is 2.44 bits per heavy atom. The monoisotopic (exact) mass is 223 g/mol. The summed E-state index contributed by atoms with van der Waals surface area (Å²) in [6, 6.07) is 1.83. The van der Waals surface area contributed by atoms with Crippen molar-refractivity contribution in [2.24, 2.45) is 0 Å². The molecule has 1 unspecified atom stereocenters. The van der Waals surface area contributed by atoms with E-state index in [1.165, 1.54) is 0 Å². The number of hydrogen-bond acceptors (Lipinski definition) is 4. The number of hydrogen-bond donors (Lipinski definition) is 1. The van der Waals surface area contributed by atoms with Crippen LogP contribution >= 0.6 is 0 Å². The molecule has 0 aromatic carbocycles. The van der Waals surface area contributed by atoms with Crippen molar-refractivity contribution in [2.75, 3.05) is 12.8 Å². The van der Waals surface area contributed by atoms with Gasteiger partial charge < -0.3 is 10.5 Å². The fraction of sp³-hybridized carbons (Fsp3) is 0.667. The van der Waals surface area contributed by atoms with Crippen LogP contribution in [0.25, 0.3) is 0 Å². The number of ether oxygens (including phenoxy) is 1. The van der Waals surface area contributed by atoms with Gasteiger partial charge in [0.2, 0.25) is 0 Å². The van der Waals surface area contributed by atoms with Crippen LogP contribution in [0.15, 0.2) is 6.07 Å². The lowest BCUT2D eigenvalue weighted by Crippen LogP contribution is -2.18. The van der Waals surface area contributed by atoms with E-state index in [9.17, 15) is 0 Å². The van der Waals surface area contributed by atoms with Gasteiger partial charge in [-0.3, -0.25) is 0 Å². The predicted octanol–water partition coefficient (Wildman–Crippen LogP) is 2.45. The van der Waals surface area contributed by atoms with Crippen LogP contribution in [0.5, 0.6) is 0 Å². The van der Waals surface area contributed by atoms with Gasteiger partial charge in [0.1, 0.15) is 11.9 Å². The molecule has 1 rings (SSSR count). The van der Waals surface area contributed by atoms with Crippen molar-refractivity contribution in [1.82, 2.24) is 9.97 Å². The van der Waals surface area contributed by atoms with Gasteiger partial charge in [0, 0.05) is 18.6 Å². The van der Waals surface area contributed by atoms with E-state index in [4.69, 9.17) is 10.5 Å². The molecule has 1 heterocycles. The second-order valence-corrected chi connectivity index (χ2v) is 4.92. The van der Waals surface area contributed by atoms with Crippen LogP contribution in [0.4, 0.5) is 5.82 Å². The molecule has 2 N–H and O–H groups in total. The van der Waals surface area contributed by atoms with Crippen LogP contribution in [0.3, 0.4) is 0 Å². The summed E-state index contributed by atoms with van der Waals surface area (Å²) in [5.74, 6) is 1.18.